The SMILES string of the molecule is O=C(NCCc1cscn1)c1ccc(Br)c(F)c1. The van der Waals surface area contributed by atoms with Gasteiger partial charge in [0.1, 0.15) is 5.82 Å². The van der Waals surface area contributed by atoms with Crippen LogP contribution >= 0.6 is 27.3 Å². The van der Waals surface area contributed by atoms with Crippen molar-refractivity contribution in [3.05, 3.63) is 50.6 Å². The van der Waals surface area contributed by atoms with Crippen LogP contribution in [0.3, 0.4) is 0 Å². The van der Waals surface area contributed by atoms with Gasteiger partial charge in [-0.3, -0.25) is 4.79 Å². The average Bonchev–Trinajstić information content (AvgIpc) is 2.85. The molecule has 1 aromatic carbocycles. The van der Waals surface area contributed by atoms with E-state index in [4.69, 9.17) is 0 Å². The Kier molecular flexibility index (Phi) is 4.43. The van der Waals surface area contributed by atoms with E-state index in [1.807, 2.05) is 5.38 Å². The smallest absolute Gasteiger partial charge is 0.251 e. The summed E-state index contributed by atoms with van der Waals surface area (Å²) < 4.78 is 13.6. The molecular weight excluding hydrogens is 319 g/mol. The first-order valence-corrected chi connectivity index (χ1v) is 7.00. The van der Waals surface area contributed by atoms with Crippen LogP contribution in [0.5, 0.6) is 0 Å². The average molecular weight is 329 g/mol. The van der Waals surface area contributed by atoms with E-state index in [0.29, 0.717) is 23.0 Å². The predicted octanol–water partition coefficient (Wildman–Crippen LogP) is 3.02. The fraction of sp³-hybridized carbons (Fsp3) is 0.167. The number of carbonyl (C=O) groups excluding carboxylic acids is 1. The van der Waals surface area contributed by atoms with Gasteiger partial charge in [-0.05, 0) is 34.1 Å². The molecule has 3 nitrogen and oxygen atoms in total. The number of nitrogens with zero attached hydrogens (tertiary/aromatic N) is 1. The van der Waals surface area contributed by atoms with Crippen molar-refractivity contribution in [1.82, 2.24) is 10.3 Å². The Hall–Kier alpha value is -1.27. The molecule has 0 spiro atoms. The Balaban J connectivity index is 1.89. The van der Waals surface area contributed by atoms with Crippen LogP contribution in [-0.2, 0) is 6.42 Å². The number of nitrogens with one attached hydrogen (secondary N) is 1. The van der Waals surface area contributed by atoms with Crippen LogP contribution in [0.2, 0.25) is 0 Å². The summed E-state index contributed by atoms with van der Waals surface area (Å²) in [6.07, 6.45) is 0.675. The van der Waals surface area contributed by atoms with Gasteiger partial charge in [0, 0.05) is 23.9 Å². The molecule has 1 aromatic heterocycles. The standard InChI is InChI=1S/C12H10BrFN2OS/c13-10-2-1-8(5-11(10)14)12(17)15-4-3-9-6-18-7-16-9/h1-2,5-7H,3-4H2,(H,15,17). The molecule has 0 aliphatic rings. The summed E-state index contributed by atoms with van der Waals surface area (Å²) in [7, 11) is 0. The monoisotopic (exact) mass is 328 g/mol. The third-order valence-electron chi connectivity index (χ3n) is 2.33. The molecule has 0 bridgehead atoms. The van der Waals surface area contributed by atoms with Crippen molar-refractivity contribution in [3.63, 3.8) is 0 Å². The van der Waals surface area contributed by atoms with E-state index in [1.54, 1.807) is 11.6 Å². The molecule has 0 unspecified atom stereocenters. The zero-order valence-corrected chi connectivity index (χ0v) is 11.7. The zero-order valence-electron chi connectivity index (χ0n) is 9.32. The minimum Gasteiger partial charge on any atom is -0.352 e. The summed E-state index contributed by atoms with van der Waals surface area (Å²) in [6, 6.07) is 4.30. The van der Waals surface area contributed by atoms with Gasteiger partial charge in [0.15, 0.2) is 0 Å². The number of aromatic nitrogens is 1. The third-order valence-corrected chi connectivity index (χ3v) is 3.61. The van der Waals surface area contributed by atoms with E-state index < -0.39 is 5.82 Å². The number of benzene rings is 1. The fourth-order valence-corrected chi connectivity index (χ4v) is 2.24. The lowest BCUT2D eigenvalue weighted by Crippen LogP contribution is -2.25. The molecule has 1 amide bonds. The maximum atomic E-state index is 13.2. The zero-order chi connectivity index (χ0) is 13.0. The van der Waals surface area contributed by atoms with Gasteiger partial charge in [-0.15, -0.1) is 11.3 Å². The molecule has 0 saturated carbocycles. The van der Waals surface area contributed by atoms with E-state index in [9.17, 15) is 9.18 Å². The molecule has 18 heavy (non-hydrogen) atoms. The van der Waals surface area contributed by atoms with Crippen molar-refractivity contribution in [2.24, 2.45) is 0 Å². The Morgan fingerprint density at radius 3 is 3.00 bits per heavy atom. The summed E-state index contributed by atoms with van der Waals surface area (Å²) in [5.41, 5.74) is 3.01. The number of amides is 1. The van der Waals surface area contributed by atoms with Crippen LogP contribution in [0.15, 0.2) is 33.6 Å². The van der Waals surface area contributed by atoms with Crippen LogP contribution in [0.4, 0.5) is 4.39 Å². The molecule has 0 aliphatic carbocycles. The summed E-state index contributed by atoms with van der Waals surface area (Å²) in [6.45, 7) is 0.486. The number of rotatable bonds is 4. The van der Waals surface area contributed by atoms with Gasteiger partial charge in [0.25, 0.3) is 5.91 Å². The topological polar surface area (TPSA) is 42.0 Å². The molecule has 1 N–H and O–H groups in total. The van der Waals surface area contributed by atoms with Gasteiger partial charge >= 0.3 is 0 Å². The maximum absolute atomic E-state index is 13.2. The molecular formula is C12H10BrFN2OS. The molecule has 0 fully saturated rings. The lowest BCUT2D eigenvalue weighted by Gasteiger charge is -2.04. The molecule has 0 radical (unpaired) electrons. The second kappa shape index (κ2) is 6.06. The third kappa shape index (κ3) is 3.36. The van der Waals surface area contributed by atoms with Gasteiger partial charge < -0.3 is 5.32 Å². The molecule has 6 heteroatoms. The highest BCUT2D eigenvalue weighted by atomic mass is 79.9. The van der Waals surface area contributed by atoms with Crippen LogP contribution in [0, 0.1) is 5.82 Å². The van der Waals surface area contributed by atoms with Gasteiger partial charge in [-0.25, -0.2) is 9.37 Å². The Bertz CT molecular complexity index is 545. The quantitative estimate of drug-likeness (QED) is 0.937. The highest BCUT2D eigenvalue weighted by Gasteiger charge is 2.08. The lowest BCUT2D eigenvalue weighted by molar-refractivity contribution is 0.0953. The van der Waals surface area contributed by atoms with E-state index >= 15 is 0 Å². The Morgan fingerprint density at radius 1 is 1.50 bits per heavy atom. The molecule has 2 aromatic rings. The predicted molar refractivity (Wildman–Crippen MR) is 72.3 cm³/mol. The van der Waals surface area contributed by atoms with Crippen molar-refractivity contribution in [3.8, 4) is 0 Å². The van der Waals surface area contributed by atoms with E-state index in [-0.39, 0.29) is 5.91 Å². The van der Waals surface area contributed by atoms with Crippen LogP contribution in [0.25, 0.3) is 0 Å². The van der Waals surface area contributed by atoms with Crippen molar-refractivity contribution in [1.29, 1.82) is 0 Å². The van der Waals surface area contributed by atoms with E-state index in [2.05, 4.69) is 26.2 Å². The molecule has 0 saturated heterocycles. The first kappa shape index (κ1) is 13.2. The largest absolute Gasteiger partial charge is 0.352 e. The molecule has 2 rings (SSSR count). The van der Waals surface area contributed by atoms with Crippen LogP contribution in [-0.4, -0.2) is 17.4 Å². The summed E-state index contributed by atoms with van der Waals surface area (Å²) in [5.74, 6) is -0.723. The van der Waals surface area contributed by atoms with Crippen molar-refractivity contribution >= 4 is 33.2 Å². The second-order valence-corrected chi connectivity index (χ2v) is 5.19. The minimum atomic E-state index is -0.442. The van der Waals surface area contributed by atoms with Gasteiger partial charge in [-0.1, -0.05) is 0 Å². The second-order valence-electron chi connectivity index (χ2n) is 3.61. The van der Waals surface area contributed by atoms with Crippen molar-refractivity contribution in [2.45, 2.75) is 6.42 Å². The van der Waals surface area contributed by atoms with Gasteiger partial charge in [0.2, 0.25) is 0 Å². The molecule has 0 atom stereocenters. The molecule has 94 valence electrons. The summed E-state index contributed by atoms with van der Waals surface area (Å²) in [5, 5.41) is 4.66. The van der Waals surface area contributed by atoms with Gasteiger partial charge in [0.05, 0.1) is 15.7 Å². The Labute approximate surface area is 116 Å². The first-order valence-electron chi connectivity index (χ1n) is 5.27. The van der Waals surface area contributed by atoms with E-state index in [1.165, 1.54) is 23.5 Å². The summed E-state index contributed by atoms with van der Waals surface area (Å²) in [4.78, 5) is 15.8. The van der Waals surface area contributed by atoms with E-state index in [0.717, 1.165) is 5.69 Å². The molecule has 1 heterocycles. The normalized spacial score (nSPS) is 10.3. The number of hydrogen-bond donors (Lipinski definition) is 1. The van der Waals surface area contributed by atoms with Crippen LogP contribution in [0.1, 0.15) is 16.1 Å². The number of halogens is 2. The summed E-state index contributed by atoms with van der Waals surface area (Å²) >= 11 is 4.56. The number of thiazole rings is 1. The van der Waals surface area contributed by atoms with Crippen molar-refractivity contribution in [2.75, 3.05) is 6.54 Å². The fourth-order valence-electron chi connectivity index (χ4n) is 1.40. The number of carbonyl (C=O) groups is 1. The minimum absolute atomic E-state index is 0.281. The maximum Gasteiger partial charge on any atom is 0.251 e. The van der Waals surface area contributed by atoms with Crippen LogP contribution < -0.4 is 5.32 Å². The lowest BCUT2D eigenvalue weighted by atomic mass is 10.2. The first-order chi connectivity index (χ1) is 8.66. The highest BCUT2D eigenvalue weighted by Crippen LogP contribution is 2.16. The van der Waals surface area contributed by atoms with Gasteiger partial charge in [-0.2, -0.15) is 0 Å². The van der Waals surface area contributed by atoms with Crippen molar-refractivity contribution < 1.29 is 9.18 Å². The molecule has 0 aliphatic heterocycles. The number of hydrogen-bond acceptors (Lipinski definition) is 3. The highest BCUT2D eigenvalue weighted by molar-refractivity contribution is 9.10. The Morgan fingerprint density at radius 2 is 2.33 bits per heavy atom.